The van der Waals surface area contributed by atoms with Crippen LogP contribution in [-0.2, 0) is 24.8 Å². The molecule has 0 unspecified atom stereocenters. The minimum absolute atomic E-state index is 0.119. The van der Waals surface area contributed by atoms with E-state index in [0.29, 0.717) is 28.0 Å². The molecule has 0 spiro atoms. The van der Waals surface area contributed by atoms with E-state index in [1.165, 1.54) is 30.1 Å². The highest BCUT2D eigenvalue weighted by atomic mass is 19.3. The fraction of sp³-hybridized carbons (Fsp3) is 0.231. The average molecular weight is 513 g/mol. The van der Waals surface area contributed by atoms with Crippen LogP contribution in [0.3, 0.4) is 0 Å². The Morgan fingerprint density at radius 2 is 1.84 bits per heavy atom. The molecule has 11 heteroatoms. The first kappa shape index (κ1) is 25.8. The number of nitrogens with two attached hydrogens (primary N) is 1. The lowest BCUT2D eigenvalue weighted by molar-refractivity contribution is -0.106. The minimum Gasteiger partial charge on any atom is -0.372 e. The van der Waals surface area contributed by atoms with Crippen LogP contribution in [0.5, 0.6) is 0 Å². The van der Waals surface area contributed by atoms with Crippen LogP contribution in [-0.4, -0.2) is 31.0 Å². The molecule has 0 saturated heterocycles. The molecule has 37 heavy (non-hydrogen) atoms. The number of benzene rings is 2. The summed E-state index contributed by atoms with van der Waals surface area (Å²) < 4.78 is 62.0. The minimum atomic E-state index is -3.74. The molecule has 1 aliphatic carbocycles. The Morgan fingerprint density at radius 1 is 1.14 bits per heavy atom. The summed E-state index contributed by atoms with van der Waals surface area (Å²) in [6, 6.07) is 7.03. The van der Waals surface area contributed by atoms with E-state index < -0.39 is 23.1 Å². The number of primary amides is 1. The van der Waals surface area contributed by atoms with Gasteiger partial charge in [0.1, 0.15) is 11.6 Å². The van der Waals surface area contributed by atoms with Gasteiger partial charge >= 0.3 is 5.92 Å². The Labute approximate surface area is 209 Å². The second-order valence-corrected chi connectivity index (χ2v) is 8.71. The van der Waals surface area contributed by atoms with Crippen LogP contribution in [0, 0.1) is 11.6 Å². The van der Waals surface area contributed by atoms with Gasteiger partial charge in [-0.3, -0.25) is 9.48 Å². The molecule has 4 aromatic rings. The number of nitrogens with zero attached hydrogens (tertiary/aromatic N) is 5. The third-order valence-corrected chi connectivity index (χ3v) is 6.06. The number of alkyl halides is 2. The summed E-state index contributed by atoms with van der Waals surface area (Å²) in [7, 11) is 3.00. The molecule has 0 bridgehead atoms. The molecule has 0 atom stereocenters. The predicted octanol–water partition coefficient (Wildman–Crippen LogP) is 4.83. The van der Waals surface area contributed by atoms with Gasteiger partial charge in [-0.1, -0.05) is 24.8 Å². The monoisotopic (exact) mass is 512 g/mol. The zero-order valence-electron chi connectivity index (χ0n) is 20.1. The third-order valence-electron chi connectivity index (χ3n) is 6.06. The molecule has 7 nitrogen and oxygen atoms in total. The number of amides is 1. The molecule has 192 valence electrons. The number of allylic oxidation sites excluding steroid dienone is 2. The molecule has 2 aromatic carbocycles. The van der Waals surface area contributed by atoms with Crippen LogP contribution in [0.15, 0.2) is 49.2 Å². The number of fused-ring (bicyclic) bond motifs is 1. The maximum atomic E-state index is 15.3. The van der Waals surface area contributed by atoms with Gasteiger partial charge < -0.3 is 10.3 Å². The smallest absolute Gasteiger partial charge is 0.334 e. The number of rotatable bonds is 6. The lowest BCUT2D eigenvalue weighted by Crippen LogP contribution is -2.22. The molecule has 0 radical (unpaired) electrons. The van der Waals surface area contributed by atoms with Gasteiger partial charge in [-0.15, -0.1) is 10.2 Å². The second-order valence-electron chi connectivity index (χ2n) is 8.71. The summed E-state index contributed by atoms with van der Waals surface area (Å²) in [6.45, 7) is 3.93. The second kappa shape index (κ2) is 10.00. The van der Waals surface area contributed by atoms with Crippen molar-refractivity contribution in [3.05, 3.63) is 89.2 Å². The summed E-state index contributed by atoms with van der Waals surface area (Å²) >= 11 is 0. The molecule has 2 aromatic heterocycles. The van der Waals surface area contributed by atoms with E-state index in [2.05, 4.69) is 27.6 Å². The van der Waals surface area contributed by atoms with Crippen molar-refractivity contribution >= 4 is 29.0 Å². The first-order valence-electron chi connectivity index (χ1n) is 11.3. The van der Waals surface area contributed by atoms with Crippen LogP contribution < -0.4 is 5.73 Å². The lowest BCUT2D eigenvalue weighted by atomic mass is 10.0. The van der Waals surface area contributed by atoms with Crippen LogP contribution >= 0.6 is 0 Å². The standard InChI is InChI=1S/C25H21F4N5.CH3NO/c1-14(16-7-8-18(15-5-6-15)20(26)11-16)4-9-23-30-31-24(34(23)3)25(28,29)19-10-17-13-33(2)32-22(17)12-21(19)27;2-1-3/h4,7-13,15H,1,5-6H2,2-3H3;1H,(H2,2,3)/b9-4-;. The van der Waals surface area contributed by atoms with Gasteiger partial charge in [0, 0.05) is 31.7 Å². The topological polar surface area (TPSA) is 91.6 Å². The maximum Gasteiger partial charge on any atom is 0.334 e. The van der Waals surface area contributed by atoms with Gasteiger partial charge in [0.05, 0.1) is 11.1 Å². The van der Waals surface area contributed by atoms with E-state index in [9.17, 15) is 8.78 Å². The van der Waals surface area contributed by atoms with Crippen molar-refractivity contribution in [1.82, 2.24) is 24.5 Å². The Bertz CT molecular complexity index is 1520. The van der Waals surface area contributed by atoms with E-state index in [4.69, 9.17) is 4.79 Å². The SMILES string of the molecule is C=C(/C=C\c1nnc(C(F)(F)c2cc3cn(C)nc3cc2F)n1C)c1ccc(C2CC2)c(F)c1.NC=O. The number of carbonyl (C=O) groups is 1. The molecule has 1 amide bonds. The highest BCUT2D eigenvalue weighted by Gasteiger charge is 2.42. The maximum absolute atomic E-state index is 15.3. The van der Waals surface area contributed by atoms with Crippen molar-refractivity contribution in [2.45, 2.75) is 24.7 Å². The van der Waals surface area contributed by atoms with Crippen LogP contribution in [0.1, 0.15) is 47.1 Å². The zero-order chi connectivity index (χ0) is 26.9. The van der Waals surface area contributed by atoms with E-state index in [0.717, 1.165) is 29.5 Å². The molecule has 2 N–H and O–H groups in total. The van der Waals surface area contributed by atoms with E-state index >= 15 is 8.78 Å². The largest absolute Gasteiger partial charge is 0.372 e. The van der Waals surface area contributed by atoms with E-state index in [1.807, 2.05) is 0 Å². The van der Waals surface area contributed by atoms with Crippen molar-refractivity contribution < 1.29 is 22.4 Å². The van der Waals surface area contributed by atoms with Crippen LogP contribution in [0.25, 0.3) is 22.6 Å². The highest BCUT2D eigenvalue weighted by Crippen LogP contribution is 2.42. The molecule has 1 saturated carbocycles. The highest BCUT2D eigenvalue weighted by molar-refractivity contribution is 5.79. The fourth-order valence-corrected chi connectivity index (χ4v) is 4.01. The molecule has 1 fully saturated rings. The quantitative estimate of drug-likeness (QED) is 0.228. The van der Waals surface area contributed by atoms with Crippen molar-refractivity contribution in [3.8, 4) is 0 Å². The summed E-state index contributed by atoms with van der Waals surface area (Å²) in [5.41, 5.74) is 5.41. The normalized spacial score (nSPS) is 13.6. The van der Waals surface area contributed by atoms with Gasteiger partial charge in [-0.25, -0.2) is 8.78 Å². The number of carbonyl (C=O) groups excluding carboxylic acids is 1. The number of hydrogen-bond donors (Lipinski definition) is 1. The summed E-state index contributed by atoms with van der Waals surface area (Å²) in [5.74, 6) is -5.39. The van der Waals surface area contributed by atoms with Crippen LogP contribution in [0.4, 0.5) is 17.6 Å². The lowest BCUT2D eigenvalue weighted by Gasteiger charge is -2.16. The third kappa shape index (κ3) is 5.16. The number of aromatic nitrogens is 5. The van der Waals surface area contributed by atoms with Crippen LogP contribution in [0.2, 0.25) is 0 Å². The molecular weight excluding hydrogens is 488 g/mol. The van der Waals surface area contributed by atoms with Gasteiger partial charge in [0.2, 0.25) is 12.2 Å². The molecule has 1 aliphatic rings. The molecular formula is C26H24F4N6O. The van der Waals surface area contributed by atoms with Gasteiger partial charge in [-0.2, -0.15) is 13.9 Å². The van der Waals surface area contributed by atoms with Crippen molar-refractivity contribution in [1.29, 1.82) is 0 Å². The van der Waals surface area contributed by atoms with E-state index in [1.54, 1.807) is 25.3 Å². The summed E-state index contributed by atoms with van der Waals surface area (Å²) in [4.78, 5) is 8.58. The Balaban J connectivity index is 0.00000102. The Hall–Kier alpha value is -4.28. The molecule has 2 heterocycles. The first-order valence-corrected chi connectivity index (χ1v) is 11.3. The molecule has 5 rings (SSSR count). The van der Waals surface area contributed by atoms with Gasteiger partial charge in [0.15, 0.2) is 5.82 Å². The van der Waals surface area contributed by atoms with Crippen molar-refractivity contribution in [2.24, 2.45) is 19.8 Å². The average Bonchev–Trinajstić information content (AvgIpc) is 3.51. The first-order chi connectivity index (χ1) is 17.6. The Morgan fingerprint density at radius 3 is 2.49 bits per heavy atom. The zero-order valence-corrected chi connectivity index (χ0v) is 20.1. The summed E-state index contributed by atoms with van der Waals surface area (Å²) in [6.07, 6.45) is 6.79. The predicted molar refractivity (Wildman–Crippen MR) is 131 cm³/mol. The van der Waals surface area contributed by atoms with E-state index in [-0.39, 0.29) is 23.6 Å². The Kier molecular flexibility index (Phi) is 6.97. The van der Waals surface area contributed by atoms with Gasteiger partial charge in [0.25, 0.3) is 0 Å². The fourth-order valence-electron chi connectivity index (χ4n) is 4.01. The van der Waals surface area contributed by atoms with Crippen molar-refractivity contribution in [3.63, 3.8) is 0 Å². The van der Waals surface area contributed by atoms with Crippen molar-refractivity contribution in [2.75, 3.05) is 0 Å². The number of aryl methyl sites for hydroxylation is 1. The molecule has 0 aliphatic heterocycles. The van der Waals surface area contributed by atoms with Gasteiger partial charge in [-0.05, 0) is 53.7 Å². The number of halogens is 4. The summed E-state index contributed by atoms with van der Waals surface area (Å²) in [5, 5.41) is 11.9. The number of hydrogen-bond acceptors (Lipinski definition) is 4.